The van der Waals surface area contributed by atoms with Crippen LogP contribution in [0.4, 0.5) is 13.2 Å². The molecular weight excluding hydrogens is 299 g/mol. The number of nitrogens with one attached hydrogen (secondary N) is 1. The molecule has 0 heterocycles. The van der Waals surface area contributed by atoms with Gasteiger partial charge in [-0.3, -0.25) is 0 Å². The van der Waals surface area contributed by atoms with Gasteiger partial charge < -0.3 is 10.4 Å². The van der Waals surface area contributed by atoms with E-state index in [-0.39, 0.29) is 19.1 Å². The number of rotatable bonds is 7. The maximum absolute atomic E-state index is 13.2. The van der Waals surface area contributed by atoms with Gasteiger partial charge in [-0.15, -0.1) is 11.8 Å². The van der Waals surface area contributed by atoms with Crippen LogP contribution >= 0.6 is 11.8 Å². The number of thioether (sulfide) groups is 1. The molecule has 0 aromatic heterocycles. The number of benzene rings is 1. The van der Waals surface area contributed by atoms with Gasteiger partial charge in [0.25, 0.3) is 0 Å². The predicted molar refractivity (Wildman–Crippen MR) is 78.3 cm³/mol. The lowest BCUT2D eigenvalue weighted by molar-refractivity contribution is -0.138. The number of halogens is 3. The van der Waals surface area contributed by atoms with Crippen molar-refractivity contribution in [2.45, 2.75) is 43.4 Å². The molecule has 2 N–H and O–H groups in total. The second-order valence-corrected chi connectivity index (χ2v) is 6.66. The van der Waals surface area contributed by atoms with E-state index < -0.39 is 11.7 Å². The zero-order valence-electron chi connectivity index (χ0n) is 11.9. The van der Waals surface area contributed by atoms with E-state index in [4.69, 9.17) is 5.11 Å². The first-order valence-corrected chi connectivity index (χ1v) is 8.06. The molecule has 1 saturated carbocycles. The predicted octanol–water partition coefficient (Wildman–Crippen LogP) is 3.68. The summed E-state index contributed by atoms with van der Waals surface area (Å²) in [7, 11) is 0. The normalized spacial score (nSPS) is 17.0. The summed E-state index contributed by atoms with van der Waals surface area (Å²) in [5, 5.41) is 12.1. The molecule has 6 heteroatoms. The number of aliphatic hydroxyl groups excluding tert-OH is 1. The van der Waals surface area contributed by atoms with Gasteiger partial charge in [0.05, 0.1) is 5.56 Å². The molecular formula is C15H20F3NOS. The minimum Gasteiger partial charge on any atom is -0.396 e. The Morgan fingerprint density at radius 1 is 1.38 bits per heavy atom. The zero-order valence-corrected chi connectivity index (χ0v) is 12.7. The molecule has 1 aromatic carbocycles. The molecule has 1 aromatic rings. The smallest absolute Gasteiger partial charge is 0.396 e. The van der Waals surface area contributed by atoms with E-state index in [1.165, 1.54) is 17.8 Å². The van der Waals surface area contributed by atoms with Crippen LogP contribution in [0.25, 0.3) is 0 Å². The summed E-state index contributed by atoms with van der Waals surface area (Å²) >= 11 is 1.35. The third-order valence-electron chi connectivity index (χ3n) is 3.39. The molecule has 2 rings (SSSR count). The van der Waals surface area contributed by atoms with Crippen molar-refractivity contribution in [1.82, 2.24) is 5.32 Å². The van der Waals surface area contributed by atoms with E-state index in [1.54, 1.807) is 12.1 Å². The maximum Gasteiger partial charge on any atom is 0.416 e. The van der Waals surface area contributed by atoms with Crippen molar-refractivity contribution in [2.75, 3.05) is 12.4 Å². The Hall–Kier alpha value is -0.720. The zero-order chi connectivity index (χ0) is 15.5. The summed E-state index contributed by atoms with van der Waals surface area (Å²) in [6.07, 6.45) is -2.23. The summed E-state index contributed by atoms with van der Waals surface area (Å²) in [6.45, 7) is 2.17. The van der Waals surface area contributed by atoms with Gasteiger partial charge in [-0.1, -0.05) is 13.0 Å². The summed E-state index contributed by atoms with van der Waals surface area (Å²) in [4.78, 5) is 0.595. The Balaban J connectivity index is 2.09. The van der Waals surface area contributed by atoms with Gasteiger partial charge in [0.2, 0.25) is 0 Å². The van der Waals surface area contributed by atoms with Crippen molar-refractivity contribution in [1.29, 1.82) is 0 Å². The summed E-state index contributed by atoms with van der Waals surface area (Å²) in [5.74, 6) is 0.675. The Kier molecular flexibility index (Phi) is 5.57. The molecule has 21 heavy (non-hydrogen) atoms. The summed E-state index contributed by atoms with van der Waals surface area (Å²) in [6, 6.07) is 4.89. The second kappa shape index (κ2) is 7.03. The molecule has 118 valence electrons. The van der Waals surface area contributed by atoms with Gasteiger partial charge in [0.15, 0.2) is 0 Å². The van der Waals surface area contributed by atoms with Gasteiger partial charge in [-0.05, 0) is 36.5 Å². The number of hydrogen-bond acceptors (Lipinski definition) is 3. The van der Waals surface area contributed by atoms with E-state index in [0.29, 0.717) is 22.3 Å². The van der Waals surface area contributed by atoms with Crippen LogP contribution in [0, 0.1) is 5.92 Å². The molecule has 1 unspecified atom stereocenters. The second-order valence-electron chi connectivity index (χ2n) is 5.57. The van der Waals surface area contributed by atoms with E-state index in [2.05, 4.69) is 5.32 Å². The van der Waals surface area contributed by atoms with E-state index >= 15 is 0 Å². The lowest BCUT2D eigenvalue weighted by atomic mass is 10.1. The van der Waals surface area contributed by atoms with Crippen molar-refractivity contribution in [3.63, 3.8) is 0 Å². The van der Waals surface area contributed by atoms with Crippen LogP contribution in [-0.2, 0) is 12.7 Å². The third-order valence-corrected chi connectivity index (χ3v) is 4.71. The Morgan fingerprint density at radius 3 is 2.67 bits per heavy atom. The van der Waals surface area contributed by atoms with Crippen molar-refractivity contribution in [3.8, 4) is 0 Å². The minimum atomic E-state index is -4.33. The summed E-state index contributed by atoms with van der Waals surface area (Å²) in [5.41, 5.74) is -0.258. The van der Waals surface area contributed by atoms with Gasteiger partial charge in [0, 0.05) is 29.8 Å². The van der Waals surface area contributed by atoms with Crippen LogP contribution in [0.5, 0.6) is 0 Å². The van der Waals surface area contributed by atoms with E-state index in [0.717, 1.165) is 12.8 Å². The standard InChI is InChI=1S/C15H20F3NOS/c1-10(8-20)9-21-13-5-2-11(7-19-12-3-4-12)14(6-13)15(16,17)18/h2,5-6,10,12,19-20H,3-4,7-9H2,1H3. The molecule has 0 spiro atoms. The fourth-order valence-corrected chi connectivity index (χ4v) is 2.84. The highest BCUT2D eigenvalue weighted by molar-refractivity contribution is 7.99. The van der Waals surface area contributed by atoms with Crippen molar-refractivity contribution >= 4 is 11.8 Å². The van der Waals surface area contributed by atoms with Crippen LogP contribution in [0.3, 0.4) is 0 Å². The lowest BCUT2D eigenvalue weighted by Gasteiger charge is -2.15. The van der Waals surface area contributed by atoms with Crippen LogP contribution in [0.1, 0.15) is 30.9 Å². The first kappa shape index (κ1) is 16.6. The van der Waals surface area contributed by atoms with Gasteiger partial charge in [-0.25, -0.2) is 0 Å². The van der Waals surface area contributed by atoms with Crippen molar-refractivity contribution in [2.24, 2.45) is 5.92 Å². The van der Waals surface area contributed by atoms with Crippen LogP contribution in [0.15, 0.2) is 23.1 Å². The van der Waals surface area contributed by atoms with Gasteiger partial charge >= 0.3 is 6.18 Å². The molecule has 0 bridgehead atoms. The largest absolute Gasteiger partial charge is 0.416 e. The molecule has 0 radical (unpaired) electrons. The van der Waals surface area contributed by atoms with Gasteiger partial charge in [-0.2, -0.15) is 13.2 Å². The lowest BCUT2D eigenvalue weighted by Crippen LogP contribution is -2.19. The first-order chi connectivity index (χ1) is 9.90. The Labute approximate surface area is 127 Å². The Bertz CT molecular complexity index is 474. The molecule has 1 aliphatic carbocycles. The molecule has 0 saturated heterocycles. The molecule has 1 fully saturated rings. The number of hydrogen-bond donors (Lipinski definition) is 2. The van der Waals surface area contributed by atoms with E-state index in [9.17, 15) is 13.2 Å². The SMILES string of the molecule is CC(CO)CSc1ccc(CNC2CC2)c(C(F)(F)F)c1. The monoisotopic (exact) mass is 319 g/mol. The summed E-state index contributed by atoms with van der Waals surface area (Å²) < 4.78 is 39.5. The van der Waals surface area contributed by atoms with Crippen LogP contribution in [0.2, 0.25) is 0 Å². The minimum absolute atomic E-state index is 0.0442. The molecule has 1 aliphatic rings. The quantitative estimate of drug-likeness (QED) is 0.752. The molecule has 0 amide bonds. The number of aliphatic hydroxyl groups is 1. The highest BCUT2D eigenvalue weighted by Crippen LogP contribution is 2.35. The van der Waals surface area contributed by atoms with Gasteiger partial charge in [0.1, 0.15) is 0 Å². The van der Waals surface area contributed by atoms with Crippen LogP contribution < -0.4 is 5.32 Å². The van der Waals surface area contributed by atoms with Crippen LogP contribution in [-0.4, -0.2) is 23.5 Å². The first-order valence-electron chi connectivity index (χ1n) is 7.07. The average molecular weight is 319 g/mol. The topological polar surface area (TPSA) is 32.3 Å². The fourth-order valence-electron chi connectivity index (χ4n) is 1.90. The van der Waals surface area contributed by atoms with E-state index in [1.807, 2.05) is 6.92 Å². The highest BCUT2D eigenvalue weighted by atomic mass is 32.2. The number of alkyl halides is 3. The Morgan fingerprint density at radius 2 is 2.10 bits per heavy atom. The highest BCUT2D eigenvalue weighted by Gasteiger charge is 2.34. The fraction of sp³-hybridized carbons (Fsp3) is 0.600. The van der Waals surface area contributed by atoms with Crippen molar-refractivity contribution < 1.29 is 18.3 Å². The molecule has 1 atom stereocenters. The van der Waals surface area contributed by atoms with Crippen molar-refractivity contribution in [3.05, 3.63) is 29.3 Å². The molecule has 0 aliphatic heterocycles. The maximum atomic E-state index is 13.2. The third kappa shape index (κ3) is 5.20. The molecule has 2 nitrogen and oxygen atoms in total. The average Bonchev–Trinajstić information content (AvgIpc) is 3.26.